The molecule has 2 heteroatoms. The molecule has 0 unspecified atom stereocenters. The highest BCUT2D eigenvalue weighted by atomic mass is 14.7. The summed E-state index contributed by atoms with van der Waals surface area (Å²) in [6, 6.07) is 5.94. The fourth-order valence-corrected chi connectivity index (χ4v) is 1.07. The molecule has 0 fully saturated rings. The molecule has 0 amide bonds. The molecule has 0 aliphatic rings. The topological polar surface area (TPSA) is 25.8 Å². The van der Waals surface area contributed by atoms with Crippen molar-refractivity contribution in [2.45, 2.75) is 34.6 Å². The van der Waals surface area contributed by atoms with Crippen molar-refractivity contribution in [2.75, 3.05) is 0 Å². The first-order chi connectivity index (χ1) is 7.36. The summed E-state index contributed by atoms with van der Waals surface area (Å²) in [6.07, 6.45) is 3.58. The molecule has 0 saturated carbocycles. The quantitative estimate of drug-likeness (QED) is 0.648. The minimum absolute atomic E-state index is 1.01. The molecule has 0 spiro atoms. The van der Waals surface area contributed by atoms with Crippen LogP contribution in [0.25, 0.3) is 10.9 Å². The predicted molar refractivity (Wildman–Crippen MR) is 67.0 cm³/mol. The number of hydrogen-bond donors (Lipinski definition) is 0. The van der Waals surface area contributed by atoms with Crippen LogP contribution in [-0.4, -0.2) is 9.97 Å². The first-order valence-electron chi connectivity index (χ1n) is 5.53. The van der Waals surface area contributed by atoms with Crippen molar-refractivity contribution in [1.29, 1.82) is 0 Å². The molecule has 2 heterocycles. The zero-order valence-electron chi connectivity index (χ0n) is 10.3. The Bertz CT molecular complexity index is 383. The lowest BCUT2D eigenvalue weighted by molar-refractivity contribution is 1.24. The Morgan fingerprint density at radius 3 is 2.27 bits per heavy atom. The van der Waals surface area contributed by atoms with E-state index in [1.54, 1.807) is 6.20 Å². The van der Waals surface area contributed by atoms with Crippen molar-refractivity contribution in [2.24, 2.45) is 0 Å². The average Bonchev–Trinajstić information content (AvgIpc) is 2.34. The Kier molecular flexibility index (Phi) is 7.16. The number of pyridine rings is 2. The molecule has 0 saturated heterocycles. The van der Waals surface area contributed by atoms with Crippen LogP contribution in [0.2, 0.25) is 0 Å². The molecule has 0 aliphatic carbocycles. The lowest BCUT2D eigenvalue weighted by atomic mass is 10.2. The van der Waals surface area contributed by atoms with Gasteiger partial charge in [-0.1, -0.05) is 27.7 Å². The second-order valence-corrected chi connectivity index (χ2v) is 2.52. The molecule has 15 heavy (non-hydrogen) atoms. The third kappa shape index (κ3) is 4.07. The van der Waals surface area contributed by atoms with Crippen molar-refractivity contribution in [3.63, 3.8) is 0 Å². The Hall–Kier alpha value is -1.44. The summed E-state index contributed by atoms with van der Waals surface area (Å²) in [7, 11) is 0. The number of fused-ring (bicyclic) bond motifs is 1. The van der Waals surface area contributed by atoms with Crippen LogP contribution in [0.15, 0.2) is 30.6 Å². The Labute approximate surface area is 92.4 Å². The fraction of sp³-hybridized carbons (Fsp3) is 0.385. The third-order valence-electron chi connectivity index (χ3n) is 1.63. The van der Waals surface area contributed by atoms with E-state index < -0.39 is 0 Å². The maximum atomic E-state index is 4.34. The van der Waals surface area contributed by atoms with Gasteiger partial charge in [0, 0.05) is 23.5 Å². The van der Waals surface area contributed by atoms with E-state index in [4.69, 9.17) is 0 Å². The SMILES string of the molecule is CC.CC.Cc1ccc2cnccc2n1. The van der Waals surface area contributed by atoms with Gasteiger partial charge in [0.15, 0.2) is 0 Å². The molecule has 0 aromatic carbocycles. The van der Waals surface area contributed by atoms with Gasteiger partial charge in [-0.3, -0.25) is 9.97 Å². The summed E-state index contributed by atoms with van der Waals surface area (Å²) >= 11 is 0. The standard InChI is InChI=1S/C9H8N2.2C2H6/c1-7-2-3-8-6-10-5-4-9(8)11-7;2*1-2/h2-6H,1H3;2*1-2H3. The third-order valence-corrected chi connectivity index (χ3v) is 1.63. The van der Waals surface area contributed by atoms with Gasteiger partial charge in [-0.05, 0) is 25.1 Å². The monoisotopic (exact) mass is 204 g/mol. The Morgan fingerprint density at radius 2 is 1.60 bits per heavy atom. The summed E-state index contributed by atoms with van der Waals surface area (Å²) in [6.45, 7) is 9.99. The van der Waals surface area contributed by atoms with E-state index in [0.29, 0.717) is 0 Å². The highest BCUT2D eigenvalue weighted by molar-refractivity contribution is 5.77. The van der Waals surface area contributed by atoms with Crippen LogP contribution in [0, 0.1) is 6.92 Å². The highest BCUT2D eigenvalue weighted by Crippen LogP contribution is 2.08. The first-order valence-corrected chi connectivity index (χ1v) is 5.53. The molecular weight excluding hydrogens is 184 g/mol. The molecule has 0 aliphatic heterocycles. The molecule has 2 rings (SSSR count). The van der Waals surface area contributed by atoms with Crippen LogP contribution >= 0.6 is 0 Å². The second kappa shape index (κ2) is 7.92. The van der Waals surface area contributed by atoms with E-state index in [1.807, 2.05) is 59.0 Å². The van der Waals surface area contributed by atoms with Gasteiger partial charge >= 0.3 is 0 Å². The number of nitrogens with zero attached hydrogens (tertiary/aromatic N) is 2. The van der Waals surface area contributed by atoms with E-state index >= 15 is 0 Å². The Balaban J connectivity index is 0.000000442. The van der Waals surface area contributed by atoms with Gasteiger partial charge in [0.2, 0.25) is 0 Å². The molecule has 0 N–H and O–H groups in total. The minimum atomic E-state index is 1.01. The first kappa shape index (κ1) is 13.6. The smallest absolute Gasteiger partial charge is 0.0735 e. The number of aromatic nitrogens is 2. The summed E-state index contributed by atoms with van der Waals surface area (Å²) in [4.78, 5) is 8.34. The Morgan fingerprint density at radius 1 is 0.933 bits per heavy atom. The summed E-state index contributed by atoms with van der Waals surface area (Å²) in [5.41, 5.74) is 2.06. The largest absolute Gasteiger partial charge is 0.264 e. The van der Waals surface area contributed by atoms with Gasteiger partial charge in [-0.2, -0.15) is 0 Å². The molecular formula is C13H20N2. The zero-order valence-corrected chi connectivity index (χ0v) is 10.3. The number of aryl methyl sites for hydroxylation is 1. The zero-order chi connectivity index (χ0) is 11.7. The summed E-state index contributed by atoms with van der Waals surface area (Å²) in [5.74, 6) is 0. The van der Waals surface area contributed by atoms with Crippen LogP contribution < -0.4 is 0 Å². The van der Waals surface area contributed by atoms with E-state index in [-0.39, 0.29) is 0 Å². The highest BCUT2D eigenvalue weighted by Gasteiger charge is 1.91. The van der Waals surface area contributed by atoms with Crippen molar-refractivity contribution >= 4 is 10.9 Å². The van der Waals surface area contributed by atoms with Crippen LogP contribution in [-0.2, 0) is 0 Å². The number of hydrogen-bond acceptors (Lipinski definition) is 2. The number of rotatable bonds is 0. The van der Waals surface area contributed by atoms with Crippen molar-refractivity contribution in [3.8, 4) is 0 Å². The van der Waals surface area contributed by atoms with Crippen LogP contribution in [0.3, 0.4) is 0 Å². The van der Waals surface area contributed by atoms with Gasteiger partial charge < -0.3 is 0 Å². The molecule has 2 aromatic rings. The van der Waals surface area contributed by atoms with Gasteiger partial charge in [-0.25, -0.2) is 0 Å². The van der Waals surface area contributed by atoms with Crippen LogP contribution in [0.5, 0.6) is 0 Å². The molecule has 0 radical (unpaired) electrons. The van der Waals surface area contributed by atoms with Crippen molar-refractivity contribution in [1.82, 2.24) is 9.97 Å². The molecule has 0 bridgehead atoms. The van der Waals surface area contributed by atoms with Crippen LogP contribution in [0.1, 0.15) is 33.4 Å². The second-order valence-electron chi connectivity index (χ2n) is 2.52. The van der Waals surface area contributed by atoms with Gasteiger partial charge in [0.1, 0.15) is 0 Å². The molecule has 82 valence electrons. The summed E-state index contributed by atoms with van der Waals surface area (Å²) in [5, 5.41) is 1.10. The van der Waals surface area contributed by atoms with E-state index in [2.05, 4.69) is 9.97 Å². The van der Waals surface area contributed by atoms with E-state index in [0.717, 1.165) is 16.6 Å². The van der Waals surface area contributed by atoms with E-state index in [1.165, 1.54) is 0 Å². The van der Waals surface area contributed by atoms with Gasteiger partial charge in [0.25, 0.3) is 0 Å². The van der Waals surface area contributed by atoms with Gasteiger partial charge in [-0.15, -0.1) is 0 Å². The minimum Gasteiger partial charge on any atom is -0.264 e. The van der Waals surface area contributed by atoms with E-state index in [9.17, 15) is 0 Å². The lowest BCUT2D eigenvalue weighted by Gasteiger charge is -1.95. The molecule has 2 aromatic heterocycles. The fourth-order valence-electron chi connectivity index (χ4n) is 1.07. The average molecular weight is 204 g/mol. The predicted octanol–water partition coefficient (Wildman–Crippen LogP) is 3.99. The van der Waals surface area contributed by atoms with Crippen LogP contribution in [0.4, 0.5) is 0 Å². The normalized spacial score (nSPS) is 8.33. The van der Waals surface area contributed by atoms with Gasteiger partial charge in [0.05, 0.1) is 5.52 Å². The van der Waals surface area contributed by atoms with Crippen molar-refractivity contribution in [3.05, 3.63) is 36.3 Å². The maximum absolute atomic E-state index is 4.34. The maximum Gasteiger partial charge on any atom is 0.0735 e. The molecule has 0 atom stereocenters. The summed E-state index contributed by atoms with van der Waals surface area (Å²) < 4.78 is 0. The van der Waals surface area contributed by atoms with Crippen molar-refractivity contribution < 1.29 is 0 Å². The molecule has 2 nitrogen and oxygen atoms in total. The lowest BCUT2D eigenvalue weighted by Crippen LogP contribution is -1.82.